The number of aryl methyl sites for hydroxylation is 1. The third-order valence-electron chi connectivity index (χ3n) is 3.03. The van der Waals surface area contributed by atoms with Gasteiger partial charge in [-0.1, -0.05) is 13.0 Å². The van der Waals surface area contributed by atoms with Crippen molar-refractivity contribution >= 4 is 0 Å². The Hall–Kier alpha value is -1.88. The number of methoxy groups -OCH3 is 1. The van der Waals surface area contributed by atoms with E-state index in [0.29, 0.717) is 5.88 Å². The molecule has 2 heterocycles. The highest BCUT2D eigenvalue weighted by Crippen LogP contribution is 2.17. The molecule has 1 atom stereocenters. The number of ether oxygens (including phenoxy) is 1. The molecule has 102 valence electrons. The summed E-state index contributed by atoms with van der Waals surface area (Å²) in [5.74, 6) is 0.619. The molecule has 2 aromatic rings. The fourth-order valence-electron chi connectivity index (χ4n) is 2.07. The van der Waals surface area contributed by atoms with Gasteiger partial charge in [-0.25, -0.2) is 4.98 Å². The largest absolute Gasteiger partial charge is 0.481 e. The monoisotopic (exact) mass is 260 g/mol. The smallest absolute Gasteiger partial charge is 0.212 e. The molecule has 0 amide bonds. The van der Waals surface area contributed by atoms with E-state index in [4.69, 9.17) is 10.5 Å². The molecule has 19 heavy (non-hydrogen) atoms. The molecule has 0 saturated carbocycles. The number of aromatic nitrogens is 3. The van der Waals surface area contributed by atoms with Gasteiger partial charge in [-0.2, -0.15) is 5.10 Å². The lowest BCUT2D eigenvalue weighted by atomic mass is 10.1. The van der Waals surface area contributed by atoms with Gasteiger partial charge >= 0.3 is 0 Å². The van der Waals surface area contributed by atoms with E-state index in [1.165, 1.54) is 0 Å². The molecular weight excluding hydrogens is 240 g/mol. The first-order chi connectivity index (χ1) is 9.24. The molecule has 5 heteroatoms. The topological polar surface area (TPSA) is 66.0 Å². The van der Waals surface area contributed by atoms with Crippen molar-refractivity contribution in [3.63, 3.8) is 0 Å². The van der Waals surface area contributed by atoms with Crippen LogP contribution in [0, 0.1) is 0 Å². The van der Waals surface area contributed by atoms with Crippen LogP contribution in [0.5, 0.6) is 5.88 Å². The number of nitrogens with two attached hydrogens (primary N) is 1. The van der Waals surface area contributed by atoms with E-state index in [9.17, 15) is 0 Å². The van der Waals surface area contributed by atoms with Gasteiger partial charge in [-0.05, 0) is 24.5 Å². The Morgan fingerprint density at radius 2 is 2.21 bits per heavy atom. The van der Waals surface area contributed by atoms with Gasteiger partial charge in [0.05, 0.1) is 18.8 Å². The van der Waals surface area contributed by atoms with Crippen molar-refractivity contribution in [1.82, 2.24) is 14.8 Å². The summed E-state index contributed by atoms with van der Waals surface area (Å²) in [6.07, 6.45) is 5.40. The van der Waals surface area contributed by atoms with Crippen LogP contribution in [0.3, 0.4) is 0 Å². The number of hydrogen-bond donors (Lipinski definition) is 1. The third-order valence-corrected chi connectivity index (χ3v) is 3.03. The second kappa shape index (κ2) is 6.33. The fraction of sp³-hybridized carbons (Fsp3) is 0.429. The summed E-state index contributed by atoms with van der Waals surface area (Å²) < 4.78 is 7.01. The molecule has 0 aliphatic carbocycles. The zero-order valence-electron chi connectivity index (χ0n) is 11.4. The highest BCUT2D eigenvalue weighted by molar-refractivity contribution is 5.20. The lowest BCUT2D eigenvalue weighted by molar-refractivity contribution is 0.397. The van der Waals surface area contributed by atoms with Gasteiger partial charge in [-0.15, -0.1) is 0 Å². The fourth-order valence-corrected chi connectivity index (χ4v) is 2.07. The molecule has 0 aromatic carbocycles. The van der Waals surface area contributed by atoms with Gasteiger partial charge in [0.25, 0.3) is 0 Å². The zero-order chi connectivity index (χ0) is 13.7. The van der Waals surface area contributed by atoms with Crippen LogP contribution in [0.2, 0.25) is 0 Å². The van der Waals surface area contributed by atoms with Gasteiger partial charge in [0.1, 0.15) is 0 Å². The highest BCUT2D eigenvalue weighted by atomic mass is 16.5. The second-order valence-electron chi connectivity index (χ2n) is 4.50. The minimum atomic E-state index is -0.0655. The van der Waals surface area contributed by atoms with E-state index in [1.807, 2.05) is 22.9 Å². The van der Waals surface area contributed by atoms with E-state index >= 15 is 0 Å². The van der Waals surface area contributed by atoms with Crippen molar-refractivity contribution in [3.05, 3.63) is 41.9 Å². The number of nitrogens with zero attached hydrogens (tertiary/aromatic N) is 3. The predicted octanol–water partition coefficient (Wildman–Crippen LogP) is 1.94. The number of pyridine rings is 1. The minimum absolute atomic E-state index is 0.0655. The van der Waals surface area contributed by atoms with Gasteiger partial charge in [0, 0.05) is 25.0 Å². The van der Waals surface area contributed by atoms with Crippen LogP contribution in [-0.2, 0) is 13.0 Å². The SMILES string of the molecule is CCCn1nccc1C(N)Cc1ccc(OC)nc1. The van der Waals surface area contributed by atoms with E-state index in [0.717, 1.165) is 30.6 Å². The van der Waals surface area contributed by atoms with E-state index < -0.39 is 0 Å². The maximum absolute atomic E-state index is 6.25. The summed E-state index contributed by atoms with van der Waals surface area (Å²) in [5.41, 5.74) is 8.42. The van der Waals surface area contributed by atoms with Gasteiger partial charge in [-0.3, -0.25) is 4.68 Å². The molecular formula is C14H20N4O. The summed E-state index contributed by atoms with van der Waals surface area (Å²) in [4.78, 5) is 4.19. The van der Waals surface area contributed by atoms with Crippen molar-refractivity contribution in [3.8, 4) is 5.88 Å². The van der Waals surface area contributed by atoms with Crippen molar-refractivity contribution in [2.45, 2.75) is 32.4 Å². The lowest BCUT2D eigenvalue weighted by Gasteiger charge is -2.14. The summed E-state index contributed by atoms with van der Waals surface area (Å²) in [6, 6.07) is 5.76. The first-order valence-electron chi connectivity index (χ1n) is 6.50. The Labute approximate surface area is 113 Å². The molecule has 2 N–H and O–H groups in total. The van der Waals surface area contributed by atoms with Crippen LogP contribution >= 0.6 is 0 Å². The summed E-state index contributed by atoms with van der Waals surface area (Å²) in [7, 11) is 1.61. The van der Waals surface area contributed by atoms with Crippen molar-refractivity contribution in [1.29, 1.82) is 0 Å². The van der Waals surface area contributed by atoms with Crippen LogP contribution < -0.4 is 10.5 Å². The summed E-state index contributed by atoms with van der Waals surface area (Å²) in [6.45, 7) is 3.03. The van der Waals surface area contributed by atoms with Crippen LogP contribution in [0.25, 0.3) is 0 Å². The van der Waals surface area contributed by atoms with Crippen molar-refractivity contribution < 1.29 is 4.74 Å². The average Bonchev–Trinajstić information content (AvgIpc) is 2.88. The molecule has 0 bridgehead atoms. The van der Waals surface area contributed by atoms with Gasteiger partial charge < -0.3 is 10.5 Å². The van der Waals surface area contributed by atoms with E-state index in [2.05, 4.69) is 17.0 Å². The Bertz CT molecular complexity index is 506. The van der Waals surface area contributed by atoms with Crippen molar-refractivity contribution in [2.75, 3.05) is 7.11 Å². The average molecular weight is 260 g/mol. The lowest BCUT2D eigenvalue weighted by Crippen LogP contribution is -2.18. The Balaban J connectivity index is 2.06. The molecule has 0 aliphatic rings. The van der Waals surface area contributed by atoms with Crippen molar-refractivity contribution in [2.24, 2.45) is 5.73 Å². The quantitative estimate of drug-likeness (QED) is 0.862. The maximum Gasteiger partial charge on any atom is 0.212 e. The Kier molecular flexibility index (Phi) is 4.52. The number of hydrogen-bond acceptors (Lipinski definition) is 4. The Morgan fingerprint density at radius 3 is 2.84 bits per heavy atom. The van der Waals surface area contributed by atoms with Crippen LogP contribution in [0.4, 0.5) is 0 Å². The highest BCUT2D eigenvalue weighted by Gasteiger charge is 2.12. The van der Waals surface area contributed by atoms with Crippen LogP contribution in [0.15, 0.2) is 30.6 Å². The van der Waals surface area contributed by atoms with Gasteiger partial charge in [0.15, 0.2) is 0 Å². The molecule has 1 unspecified atom stereocenters. The molecule has 0 saturated heterocycles. The van der Waals surface area contributed by atoms with Crippen LogP contribution in [0.1, 0.15) is 30.6 Å². The normalized spacial score (nSPS) is 12.4. The Morgan fingerprint density at radius 1 is 1.37 bits per heavy atom. The minimum Gasteiger partial charge on any atom is -0.481 e. The zero-order valence-corrected chi connectivity index (χ0v) is 11.4. The second-order valence-corrected chi connectivity index (χ2v) is 4.50. The predicted molar refractivity (Wildman–Crippen MR) is 73.9 cm³/mol. The third kappa shape index (κ3) is 3.32. The standard InChI is InChI=1S/C14H20N4O/c1-3-8-18-13(6-7-17-18)12(15)9-11-4-5-14(19-2)16-10-11/h4-7,10,12H,3,8-9,15H2,1-2H3. The van der Waals surface area contributed by atoms with E-state index in [-0.39, 0.29) is 6.04 Å². The molecule has 5 nitrogen and oxygen atoms in total. The maximum atomic E-state index is 6.25. The van der Waals surface area contributed by atoms with Gasteiger partial charge in [0.2, 0.25) is 5.88 Å². The summed E-state index contributed by atoms with van der Waals surface area (Å²) >= 11 is 0. The molecule has 2 rings (SSSR count). The first-order valence-corrected chi connectivity index (χ1v) is 6.50. The molecule has 0 radical (unpaired) electrons. The molecule has 2 aromatic heterocycles. The summed E-state index contributed by atoms with van der Waals surface area (Å²) in [5, 5.41) is 4.30. The first kappa shape index (κ1) is 13.5. The van der Waals surface area contributed by atoms with Crippen LogP contribution in [-0.4, -0.2) is 21.9 Å². The number of rotatable bonds is 6. The molecule has 0 spiro atoms. The molecule has 0 aliphatic heterocycles. The molecule has 0 fully saturated rings. The van der Waals surface area contributed by atoms with E-state index in [1.54, 1.807) is 19.5 Å².